The summed E-state index contributed by atoms with van der Waals surface area (Å²) < 4.78 is 0. The van der Waals surface area contributed by atoms with Crippen LogP contribution in [0.1, 0.15) is 32.3 Å². The van der Waals surface area contributed by atoms with E-state index in [0.29, 0.717) is 12.1 Å². The molecule has 13 heavy (non-hydrogen) atoms. The van der Waals surface area contributed by atoms with Gasteiger partial charge in [0.25, 0.3) is 0 Å². The van der Waals surface area contributed by atoms with E-state index in [1.165, 1.54) is 16.9 Å². The number of fused-ring (bicyclic) bond motifs is 1. The molecule has 0 radical (unpaired) electrons. The Balaban J connectivity index is 2.35. The van der Waals surface area contributed by atoms with E-state index >= 15 is 0 Å². The van der Waals surface area contributed by atoms with Crippen LogP contribution in [-0.4, -0.2) is 6.17 Å². The summed E-state index contributed by atoms with van der Waals surface area (Å²) in [7, 11) is 0. The monoisotopic (exact) mass is 176 g/mol. The maximum atomic E-state index is 3.38. The lowest BCUT2D eigenvalue weighted by molar-refractivity contribution is 0.867. The summed E-state index contributed by atoms with van der Waals surface area (Å²) in [5, 5.41) is 6.73. The largest absolute Gasteiger partial charge is 0.364 e. The Hall–Kier alpha value is -1.18. The zero-order valence-electron chi connectivity index (χ0n) is 8.39. The van der Waals surface area contributed by atoms with Crippen LogP contribution in [-0.2, 0) is 0 Å². The fourth-order valence-corrected chi connectivity index (χ4v) is 1.67. The molecule has 0 amide bonds. The molecule has 0 saturated carbocycles. The van der Waals surface area contributed by atoms with E-state index in [4.69, 9.17) is 0 Å². The molecule has 0 spiro atoms. The molecule has 0 aromatic heterocycles. The molecule has 1 heterocycles. The van der Waals surface area contributed by atoms with E-state index in [-0.39, 0.29) is 0 Å². The fraction of sp³-hybridized carbons (Fsp3) is 0.455. The van der Waals surface area contributed by atoms with Gasteiger partial charge in [-0.2, -0.15) is 0 Å². The number of rotatable bonds is 1. The first kappa shape index (κ1) is 8.42. The minimum Gasteiger partial charge on any atom is -0.364 e. The Bertz CT molecular complexity index is 318. The summed E-state index contributed by atoms with van der Waals surface area (Å²) in [6.45, 7) is 6.55. The number of nitrogens with one attached hydrogen (secondary N) is 2. The summed E-state index contributed by atoms with van der Waals surface area (Å²) >= 11 is 0. The van der Waals surface area contributed by atoms with Gasteiger partial charge in [-0.1, -0.05) is 19.9 Å². The van der Waals surface area contributed by atoms with Crippen molar-refractivity contribution in [2.75, 3.05) is 10.6 Å². The van der Waals surface area contributed by atoms with Gasteiger partial charge in [0.15, 0.2) is 0 Å². The van der Waals surface area contributed by atoms with Crippen LogP contribution in [0.15, 0.2) is 18.2 Å². The number of anilines is 2. The van der Waals surface area contributed by atoms with Crippen molar-refractivity contribution in [2.45, 2.75) is 32.9 Å². The topological polar surface area (TPSA) is 24.1 Å². The lowest BCUT2D eigenvalue weighted by Gasteiger charge is -2.06. The van der Waals surface area contributed by atoms with Crippen LogP contribution in [0, 0.1) is 0 Å². The van der Waals surface area contributed by atoms with Gasteiger partial charge in [0, 0.05) is 0 Å². The predicted molar refractivity (Wildman–Crippen MR) is 57.2 cm³/mol. The molecule has 0 saturated heterocycles. The van der Waals surface area contributed by atoms with Crippen LogP contribution >= 0.6 is 0 Å². The van der Waals surface area contributed by atoms with Crippen molar-refractivity contribution in [1.82, 2.24) is 0 Å². The molecule has 1 aromatic carbocycles. The summed E-state index contributed by atoms with van der Waals surface area (Å²) in [5.74, 6) is 0.600. The average Bonchev–Trinajstić information content (AvgIpc) is 2.42. The molecule has 1 aliphatic heterocycles. The molecule has 2 nitrogen and oxygen atoms in total. The second-order valence-corrected chi connectivity index (χ2v) is 3.97. The van der Waals surface area contributed by atoms with Crippen LogP contribution < -0.4 is 10.6 Å². The van der Waals surface area contributed by atoms with Gasteiger partial charge in [-0.15, -0.1) is 0 Å². The van der Waals surface area contributed by atoms with Crippen LogP contribution in [0.3, 0.4) is 0 Å². The molecule has 2 rings (SSSR count). The van der Waals surface area contributed by atoms with Gasteiger partial charge in [-0.3, -0.25) is 0 Å². The van der Waals surface area contributed by atoms with Gasteiger partial charge in [0.2, 0.25) is 0 Å². The van der Waals surface area contributed by atoms with E-state index in [2.05, 4.69) is 49.6 Å². The number of hydrogen-bond acceptors (Lipinski definition) is 2. The Morgan fingerprint density at radius 3 is 2.54 bits per heavy atom. The first-order chi connectivity index (χ1) is 6.16. The highest BCUT2D eigenvalue weighted by molar-refractivity contribution is 5.75. The highest BCUT2D eigenvalue weighted by Crippen LogP contribution is 2.31. The zero-order chi connectivity index (χ0) is 9.42. The van der Waals surface area contributed by atoms with Gasteiger partial charge in [-0.05, 0) is 30.5 Å². The second-order valence-electron chi connectivity index (χ2n) is 3.97. The van der Waals surface area contributed by atoms with E-state index in [1.807, 2.05) is 0 Å². The van der Waals surface area contributed by atoms with Gasteiger partial charge in [0.05, 0.1) is 17.5 Å². The van der Waals surface area contributed by atoms with E-state index in [1.54, 1.807) is 0 Å². The van der Waals surface area contributed by atoms with E-state index in [0.717, 1.165) is 0 Å². The summed E-state index contributed by atoms with van der Waals surface area (Å²) in [4.78, 5) is 0. The molecule has 0 bridgehead atoms. The van der Waals surface area contributed by atoms with Crippen LogP contribution in [0.4, 0.5) is 11.4 Å². The molecule has 2 heteroatoms. The molecule has 2 N–H and O–H groups in total. The van der Waals surface area contributed by atoms with Crippen molar-refractivity contribution < 1.29 is 0 Å². The summed E-state index contributed by atoms with van der Waals surface area (Å²) in [6.07, 6.45) is 0.359. The minimum absolute atomic E-state index is 0.359. The van der Waals surface area contributed by atoms with Crippen LogP contribution in [0.25, 0.3) is 0 Å². The SMILES string of the molecule is CC1Nc2ccc(C(C)C)cc2N1. The number of hydrogen-bond donors (Lipinski definition) is 2. The molecule has 1 aromatic rings. The number of benzene rings is 1. The summed E-state index contributed by atoms with van der Waals surface area (Å²) in [6, 6.07) is 6.58. The Morgan fingerprint density at radius 1 is 1.15 bits per heavy atom. The molecule has 1 aliphatic rings. The first-order valence-electron chi connectivity index (χ1n) is 4.84. The highest BCUT2D eigenvalue weighted by Gasteiger charge is 2.15. The Labute approximate surface area is 79.4 Å². The van der Waals surface area contributed by atoms with Crippen molar-refractivity contribution in [3.05, 3.63) is 23.8 Å². The van der Waals surface area contributed by atoms with E-state index < -0.39 is 0 Å². The van der Waals surface area contributed by atoms with Crippen LogP contribution in [0.2, 0.25) is 0 Å². The average molecular weight is 176 g/mol. The van der Waals surface area contributed by atoms with Gasteiger partial charge < -0.3 is 10.6 Å². The Morgan fingerprint density at radius 2 is 1.85 bits per heavy atom. The van der Waals surface area contributed by atoms with E-state index in [9.17, 15) is 0 Å². The van der Waals surface area contributed by atoms with Crippen molar-refractivity contribution in [2.24, 2.45) is 0 Å². The molecule has 0 fully saturated rings. The van der Waals surface area contributed by atoms with Gasteiger partial charge >= 0.3 is 0 Å². The van der Waals surface area contributed by atoms with Crippen molar-refractivity contribution in [1.29, 1.82) is 0 Å². The molecular formula is C11H16N2. The summed E-state index contributed by atoms with van der Waals surface area (Å²) in [5.41, 5.74) is 3.85. The second kappa shape index (κ2) is 2.95. The van der Waals surface area contributed by atoms with Crippen LogP contribution in [0.5, 0.6) is 0 Å². The quantitative estimate of drug-likeness (QED) is 0.687. The minimum atomic E-state index is 0.359. The smallest absolute Gasteiger partial charge is 0.0935 e. The normalized spacial score (nSPS) is 19.5. The predicted octanol–water partition coefficient (Wildman–Crippen LogP) is 2.99. The van der Waals surface area contributed by atoms with Gasteiger partial charge in [0.1, 0.15) is 0 Å². The maximum Gasteiger partial charge on any atom is 0.0935 e. The third-order valence-corrected chi connectivity index (χ3v) is 2.45. The van der Waals surface area contributed by atoms with Crippen molar-refractivity contribution >= 4 is 11.4 Å². The molecule has 70 valence electrons. The first-order valence-corrected chi connectivity index (χ1v) is 4.84. The third kappa shape index (κ3) is 1.48. The van der Waals surface area contributed by atoms with Gasteiger partial charge in [-0.25, -0.2) is 0 Å². The molecule has 1 unspecified atom stereocenters. The lowest BCUT2D eigenvalue weighted by Crippen LogP contribution is -2.16. The lowest BCUT2D eigenvalue weighted by atomic mass is 10.0. The molecular weight excluding hydrogens is 160 g/mol. The maximum absolute atomic E-state index is 3.38. The zero-order valence-corrected chi connectivity index (χ0v) is 8.39. The fourth-order valence-electron chi connectivity index (χ4n) is 1.67. The molecule has 0 aliphatic carbocycles. The Kier molecular flexibility index (Phi) is 1.91. The standard InChI is InChI=1S/C11H16N2/c1-7(2)9-4-5-10-11(6-9)13-8(3)12-10/h4-8,12-13H,1-3H3. The highest BCUT2D eigenvalue weighted by atomic mass is 15.2. The molecule has 1 atom stereocenters. The third-order valence-electron chi connectivity index (χ3n) is 2.45. The van der Waals surface area contributed by atoms with Crippen molar-refractivity contribution in [3.63, 3.8) is 0 Å². The van der Waals surface area contributed by atoms with Crippen molar-refractivity contribution in [3.8, 4) is 0 Å².